The maximum atomic E-state index is 14.9. The molecule has 1 aliphatic carbocycles. The molecule has 0 radical (unpaired) electrons. The number of halogens is 1. The van der Waals surface area contributed by atoms with Crippen LogP contribution in [-0.4, -0.2) is 55.8 Å². The van der Waals surface area contributed by atoms with Gasteiger partial charge in [0.15, 0.2) is 23.9 Å². The number of amides is 1. The molecule has 2 fully saturated rings. The second kappa shape index (κ2) is 8.38. The first-order valence-corrected chi connectivity index (χ1v) is 10.9. The number of carbonyl (C=O) groups excluding carboxylic acids is 1. The van der Waals surface area contributed by atoms with E-state index in [1.807, 2.05) is 6.20 Å². The first kappa shape index (κ1) is 20.7. The Balaban J connectivity index is 1.27. The molecule has 2 aliphatic rings. The smallest absolute Gasteiger partial charge is 0.407 e. The summed E-state index contributed by atoms with van der Waals surface area (Å²) in [5.74, 6) is 1.60. The number of nitrogens with one attached hydrogen (secondary N) is 3. The van der Waals surface area contributed by atoms with Crippen molar-refractivity contribution in [2.45, 2.75) is 63.4 Å². The molecule has 0 spiro atoms. The van der Waals surface area contributed by atoms with Gasteiger partial charge in [-0.3, -0.25) is 5.10 Å². The van der Waals surface area contributed by atoms with Crippen molar-refractivity contribution < 1.29 is 18.7 Å². The number of hydrogen-bond donors (Lipinski definition) is 3. The van der Waals surface area contributed by atoms with E-state index in [0.717, 1.165) is 11.2 Å². The van der Waals surface area contributed by atoms with Gasteiger partial charge in [-0.15, -0.1) is 0 Å². The lowest BCUT2D eigenvalue weighted by Gasteiger charge is -2.22. The normalized spacial score (nSPS) is 23.4. The Morgan fingerprint density at radius 2 is 2.22 bits per heavy atom. The van der Waals surface area contributed by atoms with E-state index >= 15 is 0 Å². The number of rotatable bonds is 6. The van der Waals surface area contributed by atoms with E-state index in [9.17, 15) is 9.18 Å². The molecule has 1 aliphatic heterocycles. The van der Waals surface area contributed by atoms with Crippen molar-refractivity contribution in [3.05, 3.63) is 35.9 Å². The maximum absolute atomic E-state index is 14.9. The zero-order chi connectivity index (χ0) is 22.2. The molecule has 11 heteroatoms. The number of alkyl halides is 1. The number of carbonyl (C=O) groups is 1. The van der Waals surface area contributed by atoms with Gasteiger partial charge in [-0.1, -0.05) is 6.42 Å². The van der Waals surface area contributed by atoms with Gasteiger partial charge in [-0.2, -0.15) is 10.2 Å². The van der Waals surface area contributed by atoms with Crippen molar-refractivity contribution in [3.63, 3.8) is 0 Å². The number of anilines is 2. The molecule has 32 heavy (non-hydrogen) atoms. The minimum Gasteiger partial charge on any atom is -0.441 e. The molecule has 1 amide bonds. The number of H-pyrrole nitrogens is 1. The van der Waals surface area contributed by atoms with E-state index in [1.165, 1.54) is 19.3 Å². The Kier molecular flexibility index (Phi) is 5.41. The third-order valence-electron chi connectivity index (χ3n) is 5.83. The van der Waals surface area contributed by atoms with Crippen molar-refractivity contribution >= 4 is 23.2 Å². The summed E-state index contributed by atoms with van der Waals surface area (Å²) in [6.07, 6.45) is 3.00. The summed E-state index contributed by atoms with van der Waals surface area (Å²) < 4.78 is 27.4. The highest BCUT2D eigenvalue weighted by Crippen LogP contribution is 2.37. The molecule has 3 aromatic rings. The van der Waals surface area contributed by atoms with Gasteiger partial charge >= 0.3 is 6.09 Å². The SMILES string of the molecule is CC(C)NC(=O)O[C@@H]1CO[C@H](c2cc(Nc3nccn4nc(C5CCC5)cc34)n[nH]2)[C@@H]1F. The zero-order valence-corrected chi connectivity index (χ0v) is 17.9. The fourth-order valence-electron chi connectivity index (χ4n) is 3.95. The highest BCUT2D eigenvalue weighted by molar-refractivity contribution is 5.72. The van der Waals surface area contributed by atoms with Crippen LogP contribution in [0.1, 0.15) is 56.5 Å². The maximum Gasteiger partial charge on any atom is 0.407 e. The van der Waals surface area contributed by atoms with Crippen LogP contribution < -0.4 is 10.6 Å². The summed E-state index contributed by atoms with van der Waals surface area (Å²) in [5, 5.41) is 17.4. The van der Waals surface area contributed by atoms with E-state index in [2.05, 4.69) is 37.0 Å². The number of nitrogens with zero attached hydrogens (tertiary/aromatic N) is 4. The van der Waals surface area contributed by atoms with Gasteiger partial charge in [0.25, 0.3) is 0 Å². The summed E-state index contributed by atoms with van der Waals surface area (Å²) in [4.78, 5) is 16.2. The summed E-state index contributed by atoms with van der Waals surface area (Å²) >= 11 is 0. The number of hydrogen-bond acceptors (Lipinski definition) is 7. The highest BCUT2D eigenvalue weighted by atomic mass is 19.1. The Morgan fingerprint density at radius 1 is 1.38 bits per heavy atom. The Bertz CT molecular complexity index is 1110. The van der Waals surface area contributed by atoms with Crippen LogP contribution in [0.2, 0.25) is 0 Å². The summed E-state index contributed by atoms with van der Waals surface area (Å²) in [6, 6.07) is 3.62. The molecule has 10 nitrogen and oxygen atoms in total. The summed E-state index contributed by atoms with van der Waals surface area (Å²) in [6.45, 7) is 3.57. The van der Waals surface area contributed by atoms with Crippen LogP contribution >= 0.6 is 0 Å². The van der Waals surface area contributed by atoms with E-state index in [4.69, 9.17) is 9.47 Å². The van der Waals surface area contributed by atoms with Gasteiger partial charge < -0.3 is 20.1 Å². The van der Waals surface area contributed by atoms with Crippen LogP contribution in [0.4, 0.5) is 20.8 Å². The monoisotopic (exact) mass is 443 g/mol. The first-order chi connectivity index (χ1) is 15.5. The molecular formula is C21H26FN7O3. The number of aromatic nitrogens is 5. The summed E-state index contributed by atoms with van der Waals surface area (Å²) in [5.41, 5.74) is 2.37. The highest BCUT2D eigenvalue weighted by Gasteiger charge is 2.42. The van der Waals surface area contributed by atoms with Crippen molar-refractivity contribution in [2.75, 3.05) is 11.9 Å². The van der Waals surface area contributed by atoms with Gasteiger partial charge in [-0.05, 0) is 32.8 Å². The van der Waals surface area contributed by atoms with Crippen LogP contribution in [0.15, 0.2) is 24.5 Å². The van der Waals surface area contributed by atoms with E-state index in [0.29, 0.717) is 23.2 Å². The number of ether oxygens (including phenoxy) is 2. The van der Waals surface area contributed by atoms with Gasteiger partial charge in [0.2, 0.25) is 0 Å². The molecule has 4 heterocycles. The van der Waals surface area contributed by atoms with Gasteiger partial charge in [-0.25, -0.2) is 18.7 Å². The predicted molar refractivity (Wildman–Crippen MR) is 114 cm³/mol. The van der Waals surface area contributed by atoms with Gasteiger partial charge in [0.1, 0.15) is 11.6 Å². The fraction of sp³-hybridized carbons (Fsp3) is 0.524. The largest absolute Gasteiger partial charge is 0.441 e. The molecule has 170 valence electrons. The molecular weight excluding hydrogens is 417 g/mol. The van der Waals surface area contributed by atoms with Crippen LogP contribution in [-0.2, 0) is 9.47 Å². The van der Waals surface area contributed by atoms with Crippen LogP contribution in [0.3, 0.4) is 0 Å². The molecule has 3 atom stereocenters. The number of alkyl carbamates (subject to hydrolysis) is 1. The minimum atomic E-state index is -1.51. The molecule has 0 aromatic carbocycles. The topological polar surface area (TPSA) is 118 Å². The Morgan fingerprint density at radius 3 is 2.97 bits per heavy atom. The van der Waals surface area contributed by atoms with Crippen LogP contribution in [0.25, 0.3) is 5.52 Å². The van der Waals surface area contributed by atoms with Crippen LogP contribution in [0.5, 0.6) is 0 Å². The number of fused-ring (bicyclic) bond motifs is 1. The lowest BCUT2D eigenvalue weighted by atomic mass is 9.83. The third kappa shape index (κ3) is 3.99. The lowest BCUT2D eigenvalue weighted by molar-refractivity contribution is 0.0615. The standard InChI is InChI=1S/C21H26FN7O3/c1-11(2)24-21(30)32-16-10-31-19(18(16)22)14-9-17(27-26-14)25-20-15-8-13(12-4-3-5-12)28-29(15)7-6-23-20/h6-9,11-12,16,18-19H,3-5,10H2,1-2H3,(H,24,30)(H2,23,25,26,27)/t16-,18-,19-/m1/s1. The van der Waals surface area contributed by atoms with Crippen molar-refractivity contribution in [1.82, 2.24) is 30.1 Å². The lowest BCUT2D eigenvalue weighted by Crippen LogP contribution is -2.36. The molecule has 3 aromatic heterocycles. The van der Waals surface area contributed by atoms with E-state index in [1.54, 1.807) is 30.6 Å². The van der Waals surface area contributed by atoms with Crippen molar-refractivity contribution in [2.24, 2.45) is 0 Å². The molecule has 5 rings (SSSR count). The van der Waals surface area contributed by atoms with Crippen LogP contribution in [0, 0.1) is 0 Å². The summed E-state index contributed by atoms with van der Waals surface area (Å²) in [7, 11) is 0. The second-order valence-electron chi connectivity index (χ2n) is 8.58. The third-order valence-corrected chi connectivity index (χ3v) is 5.83. The van der Waals surface area contributed by atoms with Crippen molar-refractivity contribution in [1.29, 1.82) is 0 Å². The van der Waals surface area contributed by atoms with E-state index < -0.39 is 24.5 Å². The van der Waals surface area contributed by atoms with Gasteiger partial charge in [0, 0.05) is 30.4 Å². The second-order valence-corrected chi connectivity index (χ2v) is 8.58. The Labute approximate surface area is 183 Å². The van der Waals surface area contributed by atoms with Crippen molar-refractivity contribution in [3.8, 4) is 0 Å². The molecule has 0 bridgehead atoms. The molecule has 1 saturated carbocycles. The van der Waals surface area contributed by atoms with E-state index in [-0.39, 0.29) is 12.6 Å². The predicted octanol–water partition coefficient (Wildman–Crippen LogP) is 3.38. The average Bonchev–Trinajstić information content (AvgIpc) is 3.40. The minimum absolute atomic E-state index is 0.0280. The fourth-order valence-corrected chi connectivity index (χ4v) is 3.95. The molecule has 0 unspecified atom stereocenters. The van der Waals surface area contributed by atoms with Gasteiger partial charge in [0.05, 0.1) is 18.0 Å². The Hall–Kier alpha value is -3.21. The molecule has 3 N–H and O–H groups in total. The average molecular weight is 443 g/mol. The zero-order valence-electron chi connectivity index (χ0n) is 17.9. The first-order valence-electron chi connectivity index (χ1n) is 10.9. The molecule has 1 saturated heterocycles. The number of aromatic amines is 1. The quantitative estimate of drug-likeness (QED) is 0.534.